The quantitative estimate of drug-likeness (QED) is 0.500. The van der Waals surface area contributed by atoms with Crippen molar-refractivity contribution in [1.29, 1.82) is 0 Å². The molecule has 4 aromatic rings. The van der Waals surface area contributed by atoms with Crippen LogP contribution in [0.15, 0.2) is 84.0 Å². The van der Waals surface area contributed by atoms with E-state index in [1.165, 1.54) is 6.20 Å². The average molecular weight is 398 g/mol. The second-order valence-corrected chi connectivity index (χ2v) is 7.22. The monoisotopic (exact) mass is 398 g/mol. The Bertz CT molecular complexity index is 1230. The minimum Gasteiger partial charge on any atom is -0.332 e. The van der Waals surface area contributed by atoms with Gasteiger partial charge in [0.2, 0.25) is 11.3 Å². The second-order valence-electron chi connectivity index (χ2n) is 7.22. The van der Waals surface area contributed by atoms with Crippen LogP contribution < -0.4 is 5.43 Å². The lowest BCUT2D eigenvalue weighted by atomic mass is 10.1. The molecule has 30 heavy (non-hydrogen) atoms. The van der Waals surface area contributed by atoms with E-state index in [9.17, 15) is 9.59 Å². The number of benzene rings is 2. The third kappa shape index (κ3) is 4.27. The molecule has 0 fully saturated rings. The first-order valence-corrected chi connectivity index (χ1v) is 9.78. The number of aromatic nitrogens is 3. The minimum absolute atomic E-state index is 0.0485. The lowest BCUT2D eigenvalue weighted by Gasteiger charge is -2.24. The van der Waals surface area contributed by atoms with Gasteiger partial charge in [-0.2, -0.15) is 5.10 Å². The van der Waals surface area contributed by atoms with Gasteiger partial charge in [0, 0.05) is 30.9 Å². The van der Waals surface area contributed by atoms with Crippen molar-refractivity contribution in [2.45, 2.75) is 26.6 Å². The second kappa shape index (κ2) is 8.69. The molecule has 2 aromatic heterocycles. The molecule has 0 unspecified atom stereocenters. The van der Waals surface area contributed by atoms with Crippen LogP contribution in [-0.4, -0.2) is 25.6 Å². The molecule has 0 aliphatic heterocycles. The Kier molecular flexibility index (Phi) is 5.66. The summed E-state index contributed by atoms with van der Waals surface area (Å²) in [5, 5.41) is 4.76. The molecule has 0 saturated carbocycles. The molecule has 0 N–H and O–H groups in total. The van der Waals surface area contributed by atoms with Gasteiger partial charge in [0.05, 0.1) is 11.7 Å². The molecule has 6 nitrogen and oxygen atoms in total. The fraction of sp³-hybridized carbons (Fsp3) is 0.167. The number of rotatable bonds is 6. The summed E-state index contributed by atoms with van der Waals surface area (Å²) in [6.45, 7) is 3.02. The molecule has 0 saturated heterocycles. The summed E-state index contributed by atoms with van der Waals surface area (Å²) < 4.78 is 1.59. The molecule has 150 valence electrons. The van der Waals surface area contributed by atoms with Crippen LogP contribution in [-0.2, 0) is 24.4 Å². The van der Waals surface area contributed by atoms with Gasteiger partial charge in [-0.15, -0.1) is 0 Å². The summed E-state index contributed by atoms with van der Waals surface area (Å²) in [7, 11) is 0. The van der Waals surface area contributed by atoms with E-state index >= 15 is 0 Å². The lowest BCUT2D eigenvalue weighted by molar-refractivity contribution is -0.133. The van der Waals surface area contributed by atoms with Crippen molar-refractivity contribution in [2.24, 2.45) is 0 Å². The first-order chi connectivity index (χ1) is 14.6. The summed E-state index contributed by atoms with van der Waals surface area (Å²) in [6.07, 6.45) is 4.75. The van der Waals surface area contributed by atoms with E-state index in [0.717, 1.165) is 16.7 Å². The molecule has 2 aromatic carbocycles. The number of amides is 1. The van der Waals surface area contributed by atoms with E-state index in [0.29, 0.717) is 24.0 Å². The third-order valence-corrected chi connectivity index (χ3v) is 5.12. The van der Waals surface area contributed by atoms with E-state index in [1.807, 2.05) is 61.5 Å². The van der Waals surface area contributed by atoms with Crippen molar-refractivity contribution in [2.75, 3.05) is 0 Å². The first kappa shape index (κ1) is 19.5. The van der Waals surface area contributed by atoms with Gasteiger partial charge in [0.15, 0.2) is 0 Å². The zero-order valence-electron chi connectivity index (χ0n) is 16.7. The summed E-state index contributed by atoms with van der Waals surface area (Å²) >= 11 is 0. The van der Waals surface area contributed by atoms with Crippen LogP contribution in [0, 0.1) is 6.92 Å². The standard InChI is InChI=1S/C24H22N4O2/c1-18-7-2-3-9-20(18)16-27(15-19-8-6-12-25-13-19)24(30)17-28-22-11-5-4-10-21(22)23(29)14-26-28/h2-14H,15-17H2,1H3. The van der Waals surface area contributed by atoms with Gasteiger partial charge in [-0.05, 0) is 41.8 Å². The maximum atomic E-state index is 13.3. The summed E-state index contributed by atoms with van der Waals surface area (Å²) in [5.41, 5.74) is 3.68. The average Bonchev–Trinajstić information content (AvgIpc) is 2.77. The van der Waals surface area contributed by atoms with Crippen LogP contribution in [0.25, 0.3) is 10.9 Å². The summed E-state index contributed by atoms with van der Waals surface area (Å²) in [4.78, 5) is 31.4. The molecule has 1 amide bonds. The molecule has 4 rings (SSSR count). The zero-order chi connectivity index (χ0) is 20.9. The van der Waals surface area contributed by atoms with E-state index in [1.54, 1.807) is 28.0 Å². The highest BCUT2D eigenvalue weighted by Gasteiger charge is 2.17. The van der Waals surface area contributed by atoms with Crippen molar-refractivity contribution in [3.8, 4) is 0 Å². The summed E-state index contributed by atoms with van der Waals surface area (Å²) in [6, 6.07) is 19.1. The molecule has 0 atom stereocenters. The van der Waals surface area contributed by atoms with Crippen LogP contribution in [0.2, 0.25) is 0 Å². The summed E-state index contributed by atoms with van der Waals surface area (Å²) in [5.74, 6) is -0.0802. The topological polar surface area (TPSA) is 68.1 Å². The number of hydrogen-bond donors (Lipinski definition) is 0. The van der Waals surface area contributed by atoms with Gasteiger partial charge in [0.1, 0.15) is 6.54 Å². The largest absolute Gasteiger partial charge is 0.332 e. The minimum atomic E-state index is -0.151. The fourth-order valence-electron chi connectivity index (χ4n) is 3.45. The molecular weight excluding hydrogens is 376 g/mol. The smallest absolute Gasteiger partial charge is 0.244 e. The molecule has 0 radical (unpaired) electrons. The Balaban J connectivity index is 1.65. The first-order valence-electron chi connectivity index (χ1n) is 9.78. The van der Waals surface area contributed by atoms with E-state index in [-0.39, 0.29) is 17.9 Å². The maximum absolute atomic E-state index is 13.3. The van der Waals surface area contributed by atoms with Crippen LogP contribution in [0.3, 0.4) is 0 Å². The Labute approximate surface area is 174 Å². The van der Waals surface area contributed by atoms with Gasteiger partial charge in [-0.1, -0.05) is 42.5 Å². The Morgan fingerprint density at radius 1 is 0.967 bits per heavy atom. The Morgan fingerprint density at radius 3 is 2.57 bits per heavy atom. The molecule has 0 spiro atoms. The molecule has 2 heterocycles. The Hall–Kier alpha value is -3.80. The molecule has 0 bridgehead atoms. The van der Waals surface area contributed by atoms with Crippen LogP contribution in [0.1, 0.15) is 16.7 Å². The number of pyridine rings is 1. The highest BCUT2D eigenvalue weighted by molar-refractivity contribution is 5.81. The fourth-order valence-corrected chi connectivity index (χ4v) is 3.45. The normalized spacial score (nSPS) is 10.8. The number of carbonyl (C=O) groups excluding carboxylic acids is 1. The van der Waals surface area contributed by atoms with Crippen molar-refractivity contribution < 1.29 is 4.79 Å². The van der Waals surface area contributed by atoms with Crippen molar-refractivity contribution in [3.05, 3.63) is 106 Å². The van der Waals surface area contributed by atoms with E-state index in [2.05, 4.69) is 10.1 Å². The number of para-hydroxylation sites is 1. The van der Waals surface area contributed by atoms with Crippen molar-refractivity contribution in [1.82, 2.24) is 19.7 Å². The van der Waals surface area contributed by atoms with Gasteiger partial charge < -0.3 is 4.90 Å². The number of aryl methyl sites for hydroxylation is 1. The number of fused-ring (bicyclic) bond motifs is 1. The van der Waals surface area contributed by atoms with Gasteiger partial charge >= 0.3 is 0 Å². The maximum Gasteiger partial charge on any atom is 0.244 e. The van der Waals surface area contributed by atoms with Crippen molar-refractivity contribution >= 4 is 16.8 Å². The molecule has 0 aliphatic rings. The number of nitrogens with zero attached hydrogens (tertiary/aromatic N) is 4. The van der Waals surface area contributed by atoms with Gasteiger partial charge in [-0.3, -0.25) is 19.3 Å². The number of hydrogen-bond acceptors (Lipinski definition) is 4. The van der Waals surface area contributed by atoms with E-state index in [4.69, 9.17) is 0 Å². The zero-order valence-corrected chi connectivity index (χ0v) is 16.7. The molecular formula is C24H22N4O2. The van der Waals surface area contributed by atoms with Gasteiger partial charge in [-0.25, -0.2) is 0 Å². The molecule has 6 heteroatoms. The highest BCUT2D eigenvalue weighted by atomic mass is 16.2. The Morgan fingerprint density at radius 2 is 1.77 bits per heavy atom. The van der Waals surface area contributed by atoms with Gasteiger partial charge in [0.25, 0.3) is 0 Å². The predicted octanol–water partition coefficient (Wildman–Crippen LogP) is 3.33. The van der Waals surface area contributed by atoms with Crippen LogP contribution >= 0.6 is 0 Å². The van der Waals surface area contributed by atoms with Crippen molar-refractivity contribution in [3.63, 3.8) is 0 Å². The van der Waals surface area contributed by atoms with Crippen LogP contribution in [0.4, 0.5) is 0 Å². The lowest BCUT2D eigenvalue weighted by Crippen LogP contribution is -2.34. The molecule has 0 aliphatic carbocycles. The van der Waals surface area contributed by atoms with Crippen LogP contribution in [0.5, 0.6) is 0 Å². The third-order valence-electron chi connectivity index (χ3n) is 5.12. The number of carbonyl (C=O) groups is 1. The van der Waals surface area contributed by atoms with E-state index < -0.39 is 0 Å². The SMILES string of the molecule is Cc1ccccc1CN(Cc1cccnc1)C(=O)Cn1ncc(=O)c2ccccc21. The highest BCUT2D eigenvalue weighted by Crippen LogP contribution is 2.15. The predicted molar refractivity (Wildman–Crippen MR) is 116 cm³/mol.